The molecule has 0 saturated carbocycles. The predicted molar refractivity (Wildman–Crippen MR) is 64.9 cm³/mol. The molecular formula is C12H18O2Si. The molecule has 0 spiro atoms. The molecule has 0 saturated heterocycles. The highest BCUT2D eigenvalue weighted by atomic mass is 28.3. The van der Waals surface area contributed by atoms with Crippen LogP contribution in [-0.2, 0) is 9.83 Å². The van der Waals surface area contributed by atoms with Gasteiger partial charge in [-0.05, 0) is 12.0 Å². The van der Waals surface area contributed by atoms with Crippen LogP contribution < -0.4 is 0 Å². The number of carboxylic acids is 1. The molecule has 0 aliphatic rings. The average molecular weight is 222 g/mol. The van der Waals surface area contributed by atoms with E-state index in [1.807, 2.05) is 37.3 Å². The van der Waals surface area contributed by atoms with E-state index in [9.17, 15) is 9.90 Å². The molecule has 0 amide bonds. The maximum atomic E-state index is 11.5. The molecule has 3 heteroatoms. The molecule has 0 fully saturated rings. The number of carboxylic acid groups (broad SMARTS) is 1. The van der Waals surface area contributed by atoms with Crippen molar-refractivity contribution in [2.75, 3.05) is 0 Å². The first-order valence-electron chi connectivity index (χ1n) is 5.34. The quantitative estimate of drug-likeness (QED) is 0.795. The standard InChI is InChI=1S/C12H18O2Si/c1-4-12(11(13)14,15(2)3)10-8-6-5-7-9-10/h5-9,15H,4H2,1-3H3,(H,13,14). The zero-order valence-electron chi connectivity index (χ0n) is 9.53. The molecule has 0 aliphatic carbocycles. The normalized spacial score (nSPS) is 14.9. The van der Waals surface area contributed by atoms with E-state index in [0.717, 1.165) is 5.56 Å². The smallest absolute Gasteiger partial charge is 0.310 e. The fraction of sp³-hybridized carbons (Fsp3) is 0.417. The summed E-state index contributed by atoms with van der Waals surface area (Å²) in [5, 5.41) is 8.87. The van der Waals surface area contributed by atoms with E-state index in [4.69, 9.17) is 0 Å². The van der Waals surface area contributed by atoms with Crippen LogP contribution in [0.1, 0.15) is 18.9 Å². The van der Waals surface area contributed by atoms with Crippen molar-refractivity contribution < 1.29 is 9.90 Å². The van der Waals surface area contributed by atoms with E-state index in [1.165, 1.54) is 0 Å². The van der Waals surface area contributed by atoms with Crippen LogP contribution in [0.15, 0.2) is 30.3 Å². The summed E-state index contributed by atoms with van der Waals surface area (Å²) in [5.74, 6) is -0.669. The van der Waals surface area contributed by atoms with Gasteiger partial charge in [0.2, 0.25) is 0 Å². The van der Waals surface area contributed by atoms with Crippen molar-refractivity contribution in [2.45, 2.75) is 31.5 Å². The summed E-state index contributed by atoms with van der Waals surface area (Å²) in [6.45, 7) is 6.17. The van der Waals surface area contributed by atoms with Gasteiger partial charge in [0.1, 0.15) is 0 Å². The van der Waals surface area contributed by atoms with Crippen molar-refractivity contribution in [3.63, 3.8) is 0 Å². The van der Waals surface area contributed by atoms with Crippen LogP contribution in [-0.4, -0.2) is 19.9 Å². The lowest BCUT2D eigenvalue weighted by atomic mass is 9.95. The summed E-state index contributed by atoms with van der Waals surface area (Å²) in [4.78, 5) is 11.5. The van der Waals surface area contributed by atoms with Crippen molar-refractivity contribution in [1.29, 1.82) is 0 Å². The van der Waals surface area contributed by atoms with Gasteiger partial charge in [-0.2, -0.15) is 0 Å². The zero-order valence-corrected chi connectivity index (χ0v) is 10.7. The molecule has 0 heterocycles. The molecule has 15 heavy (non-hydrogen) atoms. The molecule has 1 N–H and O–H groups in total. The number of hydrogen-bond donors (Lipinski definition) is 1. The highest BCUT2D eigenvalue weighted by molar-refractivity contribution is 6.63. The van der Waals surface area contributed by atoms with Crippen molar-refractivity contribution in [2.24, 2.45) is 0 Å². The molecule has 1 atom stereocenters. The molecule has 0 bridgehead atoms. The topological polar surface area (TPSA) is 37.3 Å². The van der Waals surface area contributed by atoms with Crippen LogP contribution in [0.5, 0.6) is 0 Å². The lowest BCUT2D eigenvalue weighted by Gasteiger charge is -2.32. The van der Waals surface area contributed by atoms with E-state index in [0.29, 0.717) is 6.42 Å². The Morgan fingerprint density at radius 3 is 2.20 bits per heavy atom. The van der Waals surface area contributed by atoms with E-state index in [-0.39, 0.29) is 0 Å². The monoisotopic (exact) mass is 222 g/mol. The molecule has 1 aromatic rings. The maximum Gasteiger partial charge on any atom is 0.310 e. The van der Waals surface area contributed by atoms with Crippen molar-refractivity contribution in [3.8, 4) is 0 Å². The van der Waals surface area contributed by atoms with Crippen molar-refractivity contribution in [1.82, 2.24) is 0 Å². The van der Waals surface area contributed by atoms with E-state index in [2.05, 4.69) is 13.1 Å². The number of hydrogen-bond acceptors (Lipinski definition) is 1. The van der Waals surface area contributed by atoms with Gasteiger partial charge in [-0.3, -0.25) is 4.79 Å². The molecule has 82 valence electrons. The largest absolute Gasteiger partial charge is 0.481 e. The van der Waals surface area contributed by atoms with Crippen LogP contribution in [0, 0.1) is 0 Å². The van der Waals surface area contributed by atoms with Gasteiger partial charge in [0.25, 0.3) is 0 Å². The summed E-state index contributed by atoms with van der Waals surface area (Å²) in [5.41, 5.74) is 0.960. The highest BCUT2D eigenvalue weighted by Gasteiger charge is 2.41. The lowest BCUT2D eigenvalue weighted by Crippen LogP contribution is -2.46. The maximum absolute atomic E-state index is 11.5. The Kier molecular flexibility index (Phi) is 3.69. The second-order valence-corrected chi connectivity index (χ2v) is 7.45. The first-order valence-corrected chi connectivity index (χ1v) is 8.23. The zero-order chi connectivity index (χ0) is 11.5. The summed E-state index contributed by atoms with van der Waals surface area (Å²) in [6.07, 6.45) is 0.677. The van der Waals surface area contributed by atoms with Gasteiger partial charge in [0, 0.05) is 0 Å². The first-order chi connectivity index (χ1) is 7.05. The summed E-state index contributed by atoms with van der Waals surface area (Å²) >= 11 is 0. The van der Waals surface area contributed by atoms with E-state index in [1.54, 1.807) is 0 Å². The van der Waals surface area contributed by atoms with Gasteiger partial charge in [0.15, 0.2) is 0 Å². The Balaban J connectivity index is 3.28. The fourth-order valence-electron chi connectivity index (χ4n) is 2.20. The van der Waals surface area contributed by atoms with Gasteiger partial charge in [-0.1, -0.05) is 50.3 Å². The molecular weight excluding hydrogens is 204 g/mol. The SMILES string of the molecule is CCC(C(=O)O)(c1ccccc1)[SiH](C)C. The number of aliphatic carboxylic acids is 1. The van der Waals surface area contributed by atoms with Gasteiger partial charge in [-0.15, -0.1) is 0 Å². The fourth-order valence-corrected chi connectivity index (χ4v) is 4.37. The minimum absolute atomic E-state index is 0.610. The Bertz CT molecular complexity index is 335. The van der Waals surface area contributed by atoms with Crippen LogP contribution >= 0.6 is 0 Å². The average Bonchev–Trinajstić information content (AvgIpc) is 2.20. The van der Waals surface area contributed by atoms with Gasteiger partial charge in [0.05, 0.1) is 13.8 Å². The molecule has 1 unspecified atom stereocenters. The number of benzene rings is 1. The number of rotatable bonds is 4. The summed E-state index contributed by atoms with van der Waals surface area (Å²) < 4.78 is 0. The van der Waals surface area contributed by atoms with E-state index >= 15 is 0 Å². The van der Waals surface area contributed by atoms with Gasteiger partial charge in [-0.25, -0.2) is 0 Å². The Hall–Kier alpha value is -1.09. The lowest BCUT2D eigenvalue weighted by molar-refractivity contribution is -0.140. The minimum atomic E-state index is -1.31. The Morgan fingerprint density at radius 1 is 1.33 bits per heavy atom. The molecule has 0 aromatic heterocycles. The Morgan fingerprint density at radius 2 is 1.87 bits per heavy atom. The third kappa shape index (κ3) is 1.97. The third-order valence-electron chi connectivity index (χ3n) is 3.21. The van der Waals surface area contributed by atoms with Crippen LogP contribution in [0.2, 0.25) is 13.1 Å². The molecule has 0 radical (unpaired) electrons. The van der Waals surface area contributed by atoms with E-state index < -0.39 is 19.8 Å². The van der Waals surface area contributed by atoms with Crippen LogP contribution in [0.4, 0.5) is 0 Å². The second kappa shape index (κ2) is 4.62. The highest BCUT2D eigenvalue weighted by Crippen LogP contribution is 2.31. The van der Waals surface area contributed by atoms with Gasteiger partial charge < -0.3 is 5.11 Å². The summed E-state index contributed by atoms with van der Waals surface area (Å²) in [7, 11) is -1.31. The minimum Gasteiger partial charge on any atom is -0.481 e. The van der Waals surface area contributed by atoms with Crippen LogP contribution in [0.3, 0.4) is 0 Å². The number of carbonyl (C=O) groups is 1. The van der Waals surface area contributed by atoms with Gasteiger partial charge >= 0.3 is 5.97 Å². The Labute approximate surface area is 92.6 Å². The molecule has 0 aliphatic heterocycles. The molecule has 1 rings (SSSR count). The third-order valence-corrected chi connectivity index (χ3v) is 6.17. The summed E-state index contributed by atoms with van der Waals surface area (Å²) in [6, 6.07) is 9.63. The van der Waals surface area contributed by atoms with Crippen LogP contribution in [0.25, 0.3) is 0 Å². The second-order valence-electron chi connectivity index (χ2n) is 4.15. The first kappa shape index (κ1) is 12.0. The molecule has 1 aromatic carbocycles. The van der Waals surface area contributed by atoms with Crippen molar-refractivity contribution >= 4 is 14.8 Å². The predicted octanol–water partition coefficient (Wildman–Crippen LogP) is 2.44. The molecule has 2 nitrogen and oxygen atoms in total. The van der Waals surface area contributed by atoms with Crippen molar-refractivity contribution in [3.05, 3.63) is 35.9 Å².